The fraction of sp³-hybridized carbons (Fsp3) is 0.467. The number of carbonyl (C=O) groups is 1. The number of benzene rings is 1. The number of hydrogen-bond donors (Lipinski definition) is 0. The molecule has 4 heteroatoms. The molecule has 0 bridgehead atoms. The molecule has 1 saturated carbocycles. The fourth-order valence-electron chi connectivity index (χ4n) is 2.79. The molecular weight excluding hydrogens is 240 g/mol. The number of nitrogens with zero attached hydrogens (tertiary/aromatic N) is 2. The number of aryl methyl sites for hydroxylation is 2. The summed E-state index contributed by atoms with van der Waals surface area (Å²) in [5, 5.41) is 0. The normalized spacial score (nSPS) is 16.6. The maximum atomic E-state index is 11.9. The molecule has 1 heterocycles. The zero-order valence-corrected chi connectivity index (χ0v) is 11.6. The molecule has 1 aliphatic rings. The summed E-state index contributed by atoms with van der Waals surface area (Å²) >= 11 is 0. The number of imidazole rings is 1. The van der Waals surface area contributed by atoms with Gasteiger partial charge in [-0.15, -0.1) is 0 Å². The lowest BCUT2D eigenvalue weighted by Crippen LogP contribution is -2.21. The summed E-state index contributed by atoms with van der Waals surface area (Å²) in [5.41, 5.74) is 2.70. The number of aromatic nitrogens is 2. The number of carbonyl (C=O) groups excluding carboxylic acids is 1. The minimum absolute atomic E-state index is 0.126. The first-order valence-corrected chi connectivity index (χ1v) is 6.66. The number of fused-ring (bicyclic) bond motifs is 1. The van der Waals surface area contributed by atoms with Crippen molar-refractivity contribution >= 4 is 17.0 Å². The molecular formula is C15H18N2O2. The third-order valence-corrected chi connectivity index (χ3v) is 4.17. The van der Waals surface area contributed by atoms with Gasteiger partial charge in [-0.2, -0.15) is 0 Å². The van der Waals surface area contributed by atoms with E-state index in [0.29, 0.717) is 0 Å². The van der Waals surface area contributed by atoms with Crippen molar-refractivity contribution in [2.24, 2.45) is 7.05 Å². The topological polar surface area (TPSA) is 44.1 Å². The summed E-state index contributed by atoms with van der Waals surface area (Å²) in [7, 11) is 3.48. The molecule has 4 nitrogen and oxygen atoms in total. The zero-order valence-electron chi connectivity index (χ0n) is 11.6. The maximum absolute atomic E-state index is 11.9. The Hall–Kier alpha value is -1.84. The second-order valence-electron chi connectivity index (χ2n) is 5.22. The predicted octanol–water partition coefficient (Wildman–Crippen LogP) is 2.34. The van der Waals surface area contributed by atoms with E-state index in [2.05, 4.69) is 22.5 Å². The molecule has 0 saturated heterocycles. The van der Waals surface area contributed by atoms with E-state index in [1.807, 2.05) is 19.2 Å². The van der Waals surface area contributed by atoms with E-state index in [-0.39, 0.29) is 5.97 Å². The molecule has 0 amide bonds. The van der Waals surface area contributed by atoms with E-state index in [1.54, 1.807) is 0 Å². The Balaban J connectivity index is 2.10. The minimum atomic E-state index is -0.410. The first-order valence-electron chi connectivity index (χ1n) is 6.66. The number of methoxy groups -OCH3 is 1. The minimum Gasteiger partial charge on any atom is -0.468 e. The van der Waals surface area contributed by atoms with Gasteiger partial charge >= 0.3 is 5.97 Å². The summed E-state index contributed by atoms with van der Waals surface area (Å²) in [6.45, 7) is 2.10. The summed E-state index contributed by atoms with van der Waals surface area (Å²) < 4.78 is 7.04. The molecule has 0 aliphatic heterocycles. The highest BCUT2D eigenvalue weighted by Gasteiger charge is 2.52. The number of ether oxygens (including phenoxy) is 1. The van der Waals surface area contributed by atoms with E-state index in [0.717, 1.165) is 41.7 Å². The van der Waals surface area contributed by atoms with Crippen molar-refractivity contribution in [3.63, 3.8) is 0 Å². The van der Waals surface area contributed by atoms with Gasteiger partial charge in [-0.05, 0) is 30.5 Å². The smallest absolute Gasteiger partial charge is 0.316 e. The van der Waals surface area contributed by atoms with Crippen LogP contribution >= 0.6 is 0 Å². The molecule has 1 aliphatic carbocycles. The molecule has 0 unspecified atom stereocenters. The quantitative estimate of drug-likeness (QED) is 0.794. The van der Waals surface area contributed by atoms with Crippen molar-refractivity contribution in [1.29, 1.82) is 0 Å². The van der Waals surface area contributed by atoms with Crippen molar-refractivity contribution in [3.05, 3.63) is 29.6 Å². The van der Waals surface area contributed by atoms with Crippen LogP contribution in [0.25, 0.3) is 11.0 Å². The Morgan fingerprint density at radius 3 is 2.79 bits per heavy atom. The third-order valence-electron chi connectivity index (χ3n) is 4.17. The van der Waals surface area contributed by atoms with Gasteiger partial charge in [0.1, 0.15) is 5.82 Å². The molecule has 1 aromatic carbocycles. The lowest BCUT2D eigenvalue weighted by Gasteiger charge is -2.12. The van der Waals surface area contributed by atoms with Crippen molar-refractivity contribution in [2.45, 2.75) is 31.6 Å². The Morgan fingerprint density at radius 2 is 2.21 bits per heavy atom. The van der Waals surface area contributed by atoms with Crippen molar-refractivity contribution in [1.82, 2.24) is 9.55 Å². The van der Waals surface area contributed by atoms with Crippen LogP contribution in [0.1, 0.15) is 31.2 Å². The Labute approximate surface area is 112 Å². The monoisotopic (exact) mass is 258 g/mol. The predicted molar refractivity (Wildman–Crippen MR) is 73.0 cm³/mol. The van der Waals surface area contributed by atoms with Crippen molar-refractivity contribution < 1.29 is 9.53 Å². The molecule has 3 rings (SSSR count). The molecule has 2 aromatic rings. The third kappa shape index (κ3) is 1.66. The largest absolute Gasteiger partial charge is 0.468 e. The molecule has 0 spiro atoms. The van der Waals surface area contributed by atoms with E-state index < -0.39 is 5.41 Å². The Bertz CT molecular complexity index is 653. The fourth-order valence-corrected chi connectivity index (χ4v) is 2.79. The van der Waals surface area contributed by atoms with Gasteiger partial charge in [0.05, 0.1) is 23.6 Å². The van der Waals surface area contributed by atoms with Gasteiger partial charge in [0.25, 0.3) is 0 Å². The highest BCUT2D eigenvalue weighted by atomic mass is 16.5. The molecule has 100 valence electrons. The van der Waals surface area contributed by atoms with Crippen LogP contribution in [-0.2, 0) is 28.4 Å². The Morgan fingerprint density at radius 1 is 1.47 bits per heavy atom. The second kappa shape index (κ2) is 4.08. The first-order chi connectivity index (χ1) is 9.12. The SMILES string of the molecule is CCc1nc2cc(C3(C(=O)OC)CC3)ccc2n1C. The molecule has 0 N–H and O–H groups in total. The highest BCUT2D eigenvalue weighted by molar-refractivity contribution is 5.88. The lowest BCUT2D eigenvalue weighted by atomic mass is 9.96. The van der Waals surface area contributed by atoms with Crippen LogP contribution < -0.4 is 0 Å². The summed E-state index contributed by atoms with van der Waals surface area (Å²) in [6, 6.07) is 6.13. The van der Waals surface area contributed by atoms with Crippen LogP contribution in [0.3, 0.4) is 0 Å². The number of esters is 1. The average Bonchev–Trinajstić information content (AvgIpc) is 3.19. The van der Waals surface area contributed by atoms with E-state index >= 15 is 0 Å². The van der Waals surface area contributed by atoms with Crippen LogP contribution in [0, 0.1) is 0 Å². The summed E-state index contributed by atoms with van der Waals surface area (Å²) in [6.07, 6.45) is 2.65. The van der Waals surface area contributed by atoms with Crippen LogP contribution in [0.4, 0.5) is 0 Å². The van der Waals surface area contributed by atoms with Gasteiger partial charge in [0.15, 0.2) is 0 Å². The van der Waals surface area contributed by atoms with Gasteiger partial charge in [0, 0.05) is 13.5 Å². The molecule has 0 radical (unpaired) electrons. The van der Waals surface area contributed by atoms with Gasteiger partial charge in [-0.25, -0.2) is 4.98 Å². The van der Waals surface area contributed by atoms with Crippen LogP contribution in [-0.4, -0.2) is 22.6 Å². The maximum Gasteiger partial charge on any atom is 0.316 e. The van der Waals surface area contributed by atoms with Crippen molar-refractivity contribution in [2.75, 3.05) is 7.11 Å². The van der Waals surface area contributed by atoms with Gasteiger partial charge in [-0.3, -0.25) is 4.79 Å². The number of rotatable bonds is 3. The summed E-state index contributed by atoms with van der Waals surface area (Å²) in [4.78, 5) is 16.5. The molecule has 1 fully saturated rings. The highest BCUT2D eigenvalue weighted by Crippen LogP contribution is 2.49. The number of hydrogen-bond acceptors (Lipinski definition) is 3. The molecule has 0 atom stereocenters. The average molecular weight is 258 g/mol. The van der Waals surface area contributed by atoms with Crippen LogP contribution in [0.5, 0.6) is 0 Å². The van der Waals surface area contributed by atoms with Crippen LogP contribution in [0.15, 0.2) is 18.2 Å². The van der Waals surface area contributed by atoms with Gasteiger partial charge in [0.2, 0.25) is 0 Å². The lowest BCUT2D eigenvalue weighted by molar-refractivity contribution is -0.143. The zero-order chi connectivity index (χ0) is 13.6. The summed E-state index contributed by atoms with van der Waals surface area (Å²) in [5.74, 6) is 0.938. The Kier molecular flexibility index (Phi) is 2.62. The first kappa shape index (κ1) is 12.2. The van der Waals surface area contributed by atoms with E-state index in [1.165, 1.54) is 7.11 Å². The van der Waals surface area contributed by atoms with Gasteiger partial charge < -0.3 is 9.30 Å². The molecule has 19 heavy (non-hydrogen) atoms. The van der Waals surface area contributed by atoms with E-state index in [9.17, 15) is 4.79 Å². The second-order valence-corrected chi connectivity index (χ2v) is 5.22. The standard InChI is InChI=1S/C15H18N2O2/c1-4-13-16-11-9-10(5-6-12(11)17(13)2)15(7-8-15)14(18)19-3/h5-6,9H,4,7-8H2,1-3H3. The molecule has 1 aromatic heterocycles. The van der Waals surface area contributed by atoms with Crippen molar-refractivity contribution in [3.8, 4) is 0 Å². The van der Waals surface area contributed by atoms with Gasteiger partial charge in [-0.1, -0.05) is 13.0 Å². The van der Waals surface area contributed by atoms with E-state index in [4.69, 9.17) is 4.74 Å². The van der Waals surface area contributed by atoms with Crippen LogP contribution in [0.2, 0.25) is 0 Å².